The Kier molecular flexibility index (Phi) is 8.09. The molecule has 3 rings (SSSR count). The van der Waals surface area contributed by atoms with Crippen molar-refractivity contribution in [2.24, 2.45) is 10.9 Å². The summed E-state index contributed by atoms with van der Waals surface area (Å²) in [5.74, 6) is 1.39. The van der Waals surface area contributed by atoms with Crippen molar-refractivity contribution in [1.82, 2.24) is 15.5 Å². The van der Waals surface area contributed by atoms with Crippen molar-refractivity contribution in [2.75, 3.05) is 39.5 Å². The largest absolute Gasteiger partial charge is 0.356 e. The Labute approximate surface area is 186 Å². The minimum Gasteiger partial charge on any atom is -0.356 e. The summed E-state index contributed by atoms with van der Waals surface area (Å²) in [6.07, 6.45) is 3.54. The van der Waals surface area contributed by atoms with Gasteiger partial charge in [0.2, 0.25) is 0 Å². The summed E-state index contributed by atoms with van der Waals surface area (Å²) >= 11 is 0. The first-order valence-electron chi connectivity index (χ1n) is 10.9. The first kappa shape index (κ1) is 23.3. The molecular weight excluding hydrogens is 408 g/mol. The number of hydrogen-bond donors (Lipinski definition) is 2. The Morgan fingerprint density at radius 3 is 2.58 bits per heavy atom. The van der Waals surface area contributed by atoms with Crippen molar-refractivity contribution < 1.29 is 8.42 Å². The molecular formula is C24H34N4O2S. The molecule has 1 fully saturated rings. The van der Waals surface area contributed by atoms with Crippen molar-refractivity contribution in [1.29, 1.82) is 0 Å². The number of rotatable bonds is 8. The minimum absolute atomic E-state index is 0.386. The van der Waals surface area contributed by atoms with Crippen LogP contribution in [0.3, 0.4) is 0 Å². The molecule has 31 heavy (non-hydrogen) atoms. The van der Waals surface area contributed by atoms with E-state index in [0.717, 1.165) is 49.7 Å². The van der Waals surface area contributed by atoms with Gasteiger partial charge < -0.3 is 15.5 Å². The number of likely N-dealkylation sites (tertiary alicyclic amines) is 1. The van der Waals surface area contributed by atoms with E-state index in [9.17, 15) is 8.42 Å². The summed E-state index contributed by atoms with van der Waals surface area (Å²) in [7, 11) is -1.42. The first-order valence-corrected chi connectivity index (χ1v) is 12.7. The zero-order valence-corrected chi connectivity index (χ0v) is 19.6. The summed E-state index contributed by atoms with van der Waals surface area (Å²) in [5, 5.41) is 6.77. The second-order valence-electron chi connectivity index (χ2n) is 8.37. The topological polar surface area (TPSA) is 73.8 Å². The molecule has 2 aromatic carbocycles. The highest BCUT2D eigenvalue weighted by atomic mass is 32.2. The third-order valence-electron chi connectivity index (χ3n) is 5.81. The van der Waals surface area contributed by atoms with Crippen LogP contribution in [0.4, 0.5) is 0 Å². The highest BCUT2D eigenvalue weighted by Crippen LogP contribution is 2.17. The van der Waals surface area contributed by atoms with Crippen LogP contribution in [-0.4, -0.2) is 58.8 Å². The Balaban J connectivity index is 1.41. The lowest BCUT2D eigenvalue weighted by Gasteiger charge is -2.18. The van der Waals surface area contributed by atoms with Gasteiger partial charge in [-0.1, -0.05) is 42.5 Å². The van der Waals surface area contributed by atoms with Gasteiger partial charge in [0.25, 0.3) is 0 Å². The number of sulfone groups is 1. The van der Waals surface area contributed by atoms with Crippen LogP contribution in [0.25, 0.3) is 0 Å². The van der Waals surface area contributed by atoms with E-state index in [4.69, 9.17) is 0 Å². The predicted octanol–water partition coefficient (Wildman–Crippen LogP) is 2.63. The normalized spacial score (nSPS) is 17.6. The van der Waals surface area contributed by atoms with Gasteiger partial charge in [0.1, 0.15) is 0 Å². The number of benzene rings is 2. The number of hydrogen-bond acceptors (Lipinski definition) is 4. The van der Waals surface area contributed by atoms with E-state index in [-0.39, 0.29) is 0 Å². The molecule has 0 saturated carbocycles. The van der Waals surface area contributed by atoms with Crippen molar-refractivity contribution in [3.05, 3.63) is 65.2 Å². The van der Waals surface area contributed by atoms with Gasteiger partial charge in [-0.2, -0.15) is 0 Å². The van der Waals surface area contributed by atoms with E-state index >= 15 is 0 Å². The number of nitrogens with one attached hydrogen (secondary N) is 2. The maximum absolute atomic E-state index is 11.8. The molecule has 0 amide bonds. The molecule has 1 saturated heterocycles. The zero-order chi connectivity index (χ0) is 22.3. The zero-order valence-electron chi connectivity index (χ0n) is 18.8. The van der Waals surface area contributed by atoms with E-state index in [1.165, 1.54) is 18.2 Å². The Bertz CT molecular complexity index is 990. The molecule has 1 unspecified atom stereocenters. The summed E-state index contributed by atoms with van der Waals surface area (Å²) in [5.41, 5.74) is 3.19. The molecule has 1 aliphatic rings. The smallest absolute Gasteiger partial charge is 0.191 e. The number of aryl methyl sites for hydroxylation is 1. The lowest BCUT2D eigenvalue weighted by atomic mass is 10.1. The average Bonchev–Trinajstić information content (AvgIpc) is 3.20. The van der Waals surface area contributed by atoms with Gasteiger partial charge in [-0.05, 0) is 55.0 Å². The van der Waals surface area contributed by atoms with E-state index in [0.29, 0.717) is 17.4 Å². The second-order valence-corrected chi connectivity index (χ2v) is 10.4. The molecule has 0 bridgehead atoms. The van der Waals surface area contributed by atoms with E-state index in [1.54, 1.807) is 13.1 Å². The van der Waals surface area contributed by atoms with Crippen LogP contribution < -0.4 is 10.6 Å². The van der Waals surface area contributed by atoms with Gasteiger partial charge >= 0.3 is 0 Å². The van der Waals surface area contributed by atoms with Gasteiger partial charge in [0.05, 0.1) is 4.90 Å². The van der Waals surface area contributed by atoms with Crippen molar-refractivity contribution >= 4 is 15.8 Å². The Hall–Kier alpha value is -2.38. The molecule has 0 aromatic heterocycles. The van der Waals surface area contributed by atoms with E-state index in [2.05, 4.69) is 50.9 Å². The molecule has 7 heteroatoms. The van der Waals surface area contributed by atoms with Crippen LogP contribution >= 0.6 is 0 Å². The Morgan fingerprint density at radius 1 is 1.13 bits per heavy atom. The third kappa shape index (κ3) is 7.08. The van der Waals surface area contributed by atoms with Gasteiger partial charge in [-0.3, -0.25) is 4.99 Å². The van der Waals surface area contributed by atoms with E-state index < -0.39 is 9.84 Å². The van der Waals surface area contributed by atoms with Gasteiger partial charge in [0.15, 0.2) is 15.8 Å². The van der Waals surface area contributed by atoms with Crippen molar-refractivity contribution in [3.8, 4) is 0 Å². The SMILES string of the molecule is CN=C(NCc1ccc(S(C)(=O)=O)c(C)c1)NCC1CCN(CCc2ccccc2)C1. The average molecular weight is 443 g/mol. The fourth-order valence-electron chi connectivity index (χ4n) is 4.10. The maximum Gasteiger partial charge on any atom is 0.191 e. The number of nitrogens with zero attached hydrogens (tertiary/aromatic N) is 2. The van der Waals surface area contributed by atoms with Crippen LogP contribution in [-0.2, 0) is 22.8 Å². The molecule has 1 atom stereocenters. The van der Waals surface area contributed by atoms with Crippen LogP contribution in [0.2, 0.25) is 0 Å². The molecule has 168 valence electrons. The van der Waals surface area contributed by atoms with Gasteiger partial charge in [-0.15, -0.1) is 0 Å². The van der Waals surface area contributed by atoms with Crippen LogP contribution in [0.5, 0.6) is 0 Å². The maximum atomic E-state index is 11.8. The highest BCUT2D eigenvalue weighted by molar-refractivity contribution is 7.90. The van der Waals surface area contributed by atoms with Gasteiger partial charge in [-0.25, -0.2) is 8.42 Å². The first-order chi connectivity index (χ1) is 14.8. The van der Waals surface area contributed by atoms with Crippen molar-refractivity contribution in [3.63, 3.8) is 0 Å². The van der Waals surface area contributed by atoms with Crippen LogP contribution in [0.1, 0.15) is 23.1 Å². The number of aliphatic imine (C=N–C) groups is 1. The Morgan fingerprint density at radius 2 is 1.90 bits per heavy atom. The molecule has 1 heterocycles. The molecule has 2 aromatic rings. The lowest BCUT2D eigenvalue weighted by molar-refractivity contribution is 0.328. The summed E-state index contributed by atoms with van der Waals surface area (Å²) in [6.45, 7) is 6.69. The second kappa shape index (κ2) is 10.8. The summed E-state index contributed by atoms with van der Waals surface area (Å²) in [4.78, 5) is 7.25. The quantitative estimate of drug-likeness (QED) is 0.486. The molecule has 0 aliphatic carbocycles. The van der Waals surface area contributed by atoms with Crippen LogP contribution in [0, 0.1) is 12.8 Å². The molecule has 0 spiro atoms. The lowest BCUT2D eigenvalue weighted by Crippen LogP contribution is -2.40. The predicted molar refractivity (Wildman–Crippen MR) is 127 cm³/mol. The molecule has 6 nitrogen and oxygen atoms in total. The third-order valence-corrected chi connectivity index (χ3v) is 7.07. The monoisotopic (exact) mass is 442 g/mol. The summed E-state index contributed by atoms with van der Waals surface area (Å²) < 4.78 is 23.6. The standard InChI is InChI=1S/C24H34N4O2S/c1-19-15-21(9-10-23(19)31(3,29)30)16-26-24(25-2)27-17-22-12-14-28(18-22)13-11-20-7-5-4-6-8-20/h4-10,15,22H,11-14,16-18H2,1-3H3,(H2,25,26,27). The van der Waals surface area contributed by atoms with Crippen LogP contribution in [0.15, 0.2) is 58.4 Å². The fraction of sp³-hybridized carbons (Fsp3) is 0.458. The van der Waals surface area contributed by atoms with E-state index in [1.807, 2.05) is 19.1 Å². The van der Waals surface area contributed by atoms with Crippen molar-refractivity contribution in [2.45, 2.75) is 31.2 Å². The molecule has 1 aliphatic heterocycles. The van der Waals surface area contributed by atoms with Gasteiger partial charge in [0, 0.05) is 39.5 Å². The fourth-order valence-corrected chi connectivity index (χ4v) is 5.06. The molecule has 2 N–H and O–H groups in total. The minimum atomic E-state index is -3.19. The highest BCUT2D eigenvalue weighted by Gasteiger charge is 2.22. The number of guanidine groups is 1. The summed E-state index contributed by atoms with van der Waals surface area (Å²) in [6, 6.07) is 16.1. The molecule has 0 radical (unpaired) electrons.